The van der Waals surface area contributed by atoms with E-state index in [9.17, 15) is 4.21 Å². The summed E-state index contributed by atoms with van der Waals surface area (Å²) < 4.78 is 16.8. The Hall–Kier alpha value is 0.0700. The molecule has 0 aliphatic heterocycles. The maximum atomic E-state index is 11.8. The van der Waals surface area contributed by atoms with E-state index in [2.05, 4.69) is 5.32 Å². The Morgan fingerprint density at radius 1 is 1.50 bits per heavy atom. The van der Waals surface area contributed by atoms with Crippen molar-refractivity contribution in [1.29, 1.82) is 0 Å². The summed E-state index contributed by atoms with van der Waals surface area (Å²) in [6.07, 6.45) is 4.29. The first-order chi connectivity index (χ1) is 6.77. The van der Waals surface area contributed by atoms with Crippen molar-refractivity contribution in [3.05, 3.63) is 0 Å². The predicted molar refractivity (Wildman–Crippen MR) is 60.0 cm³/mol. The highest BCUT2D eigenvalue weighted by molar-refractivity contribution is 7.85. The Morgan fingerprint density at radius 3 is 2.86 bits per heavy atom. The Balaban J connectivity index is 2.18. The van der Waals surface area contributed by atoms with E-state index in [0.29, 0.717) is 11.3 Å². The minimum Gasteiger partial charge on any atom is -0.385 e. The van der Waals surface area contributed by atoms with E-state index >= 15 is 0 Å². The fourth-order valence-corrected chi connectivity index (χ4v) is 3.53. The number of hydrogen-bond donors (Lipinski definition) is 1. The van der Waals surface area contributed by atoms with Crippen molar-refractivity contribution in [2.24, 2.45) is 0 Å². The van der Waals surface area contributed by atoms with Crippen molar-refractivity contribution in [3.8, 4) is 0 Å². The van der Waals surface area contributed by atoms with Gasteiger partial charge >= 0.3 is 0 Å². The van der Waals surface area contributed by atoms with Gasteiger partial charge in [-0.2, -0.15) is 0 Å². The zero-order valence-electron chi connectivity index (χ0n) is 9.12. The van der Waals surface area contributed by atoms with Crippen LogP contribution in [0.5, 0.6) is 0 Å². The molecule has 4 heteroatoms. The number of rotatable bonds is 6. The minimum atomic E-state index is -0.639. The van der Waals surface area contributed by atoms with Gasteiger partial charge < -0.3 is 10.1 Å². The van der Waals surface area contributed by atoms with Crippen LogP contribution in [-0.4, -0.2) is 42.0 Å². The molecule has 0 amide bonds. The maximum Gasteiger partial charge on any atom is 0.0471 e. The van der Waals surface area contributed by atoms with Crippen molar-refractivity contribution < 1.29 is 8.95 Å². The molecule has 3 nitrogen and oxygen atoms in total. The molecule has 0 spiro atoms. The minimum absolute atomic E-state index is 0.421. The van der Waals surface area contributed by atoms with E-state index in [-0.39, 0.29) is 0 Å². The van der Waals surface area contributed by atoms with Crippen LogP contribution in [0.25, 0.3) is 0 Å². The third kappa shape index (κ3) is 3.67. The molecule has 1 aliphatic rings. The van der Waals surface area contributed by atoms with Gasteiger partial charge in [0.15, 0.2) is 0 Å². The lowest BCUT2D eigenvalue weighted by molar-refractivity contribution is 0.200. The summed E-state index contributed by atoms with van der Waals surface area (Å²) in [6, 6.07) is 0.589. The second kappa shape index (κ2) is 6.53. The molecule has 3 unspecified atom stereocenters. The van der Waals surface area contributed by atoms with Gasteiger partial charge in [0.25, 0.3) is 0 Å². The largest absolute Gasteiger partial charge is 0.385 e. The summed E-state index contributed by atoms with van der Waals surface area (Å²) in [5.74, 6) is 0.801. The lowest BCUT2D eigenvalue weighted by Gasteiger charge is -2.10. The molecule has 84 valence electrons. The predicted octanol–water partition coefficient (Wildman–Crippen LogP) is 0.912. The van der Waals surface area contributed by atoms with Crippen LogP contribution < -0.4 is 5.32 Å². The highest BCUT2D eigenvalue weighted by Crippen LogP contribution is 2.23. The summed E-state index contributed by atoms with van der Waals surface area (Å²) in [7, 11) is 3.04. The molecule has 0 aromatic carbocycles. The van der Waals surface area contributed by atoms with E-state index in [4.69, 9.17) is 4.74 Å². The lowest BCUT2D eigenvalue weighted by atomic mass is 10.3. The van der Waals surface area contributed by atoms with E-state index in [1.54, 1.807) is 7.11 Å². The highest BCUT2D eigenvalue weighted by Gasteiger charge is 2.27. The van der Waals surface area contributed by atoms with Gasteiger partial charge in [-0.1, -0.05) is 0 Å². The summed E-state index contributed by atoms with van der Waals surface area (Å²) in [5.41, 5.74) is 0. The lowest BCUT2D eigenvalue weighted by Crippen LogP contribution is -2.23. The summed E-state index contributed by atoms with van der Waals surface area (Å²) in [4.78, 5) is 0. The van der Waals surface area contributed by atoms with Crippen LogP contribution in [0, 0.1) is 0 Å². The first kappa shape index (κ1) is 12.1. The van der Waals surface area contributed by atoms with E-state index in [0.717, 1.165) is 31.6 Å². The van der Waals surface area contributed by atoms with E-state index in [1.807, 2.05) is 7.05 Å². The van der Waals surface area contributed by atoms with Crippen LogP contribution in [0.4, 0.5) is 0 Å². The molecule has 0 saturated heterocycles. The normalized spacial score (nSPS) is 29.3. The van der Waals surface area contributed by atoms with Crippen molar-refractivity contribution in [2.45, 2.75) is 37.0 Å². The van der Waals surface area contributed by atoms with Crippen LogP contribution in [0.1, 0.15) is 25.7 Å². The van der Waals surface area contributed by atoms with Gasteiger partial charge in [0.05, 0.1) is 0 Å². The Bertz CT molecular complexity index is 187. The number of hydrogen-bond acceptors (Lipinski definition) is 3. The third-order valence-corrected chi connectivity index (χ3v) is 4.72. The second-order valence-electron chi connectivity index (χ2n) is 3.85. The zero-order valence-corrected chi connectivity index (χ0v) is 9.94. The molecular weight excluding hydrogens is 198 g/mol. The first-order valence-corrected chi connectivity index (χ1v) is 6.69. The molecule has 14 heavy (non-hydrogen) atoms. The van der Waals surface area contributed by atoms with Gasteiger partial charge in [-0.15, -0.1) is 0 Å². The molecule has 1 saturated carbocycles. The van der Waals surface area contributed by atoms with Gasteiger partial charge in [0, 0.05) is 41.6 Å². The third-order valence-electron chi connectivity index (χ3n) is 2.86. The fraction of sp³-hybridized carbons (Fsp3) is 1.00. The molecular formula is C10H21NO2S. The van der Waals surface area contributed by atoms with Gasteiger partial charge in [-0.25, -0.2) is 0 Å². The highest BCUT2D eigenvalue weighted by atomic mass is 32.2. The smallest absolute Gasteiger partial charge is 0.0471 e. The first-order valence-electron chi connectivity index (χ1n) is 5.31. The van der Waals surface area contributed by atoms with Crippen LogP contribution >= 0.6 is 0 Å². The summed E-state index contributed by atoms with van der Waals surface area (Å²) in [6.45, 7) is 0.730. The molecule has 1 aliphatic carbocycles. The quantitative estimate of drug-likeness (QED) is 0.675. The van der Waals surface area contributed by atoms with Crippen molar-refractivity contribution >= 4 is 10.8 Å². The molecule has 3 atom stereocenters. The van der Waals surface area contributed by atoms with Crippen LogP contribution in [0.15, 0.2) is 0 Å². The van der Waals surface area contributed by atoms with Gasteiger partial charge in [-0.05, 0) is 32.7 Å². The molecule has 1 fully saturated rings. The molecule has 1 rings (SSSR count). The average molecular weight is 219 g/mol. The second-order valence-corrected chi connectivity index (χ2v) is 5.69. The summed E-state index contributed by atoms with van der Waals surface area (Å²) >= 11 is 0. The van der Waals surface area contributed by atoms with Gasteiger partial charge in [-0.3, -0.25) is 4.21 Å². The van der Waals surface area contributed by atoms with Crippen molar-refractivity contribution in [2.75, 3.05) is 26.5 Å². The molecule has 0 aromatic rings. The van der Waals surface area contributed by atoms with E-state index in [1.165, 1.54) is 6.42 Å². The van der Waals surface area contributed by atoms with Crippen molar-refractivity contribution in [3.63, 3.8) is 0 Å². The van der Waals surface area contributed by atoms with Crippen LogP contribution in [-0.2, 0) is 15.5 Å². The van der Waals surface area contributed by atoms with E-state index < -0.39 is 10.8 Å². The molecule has 0 bridgehead atoms. The zero-order chi connectivity index (χ0) is 10.4. The number of ether oxygens (including phenoxy) is 1. The van der Waals surface area contributed by atoms with Gasteiger partial charge in [0.2, 0.25) is 0 Å². The molecule has 0 aromatic heterocycles. The van der Waals surface area contributed by atoms with Gasteiger partial charge in [0.1, 0.15) is 0 Å². The monoisotopic (exact) mass is 219 g/mol. The Kier molecular flexibility index (Phi) is 5.67. The molecule has 0 radical (unpaired) electrons. The molecule has 0 heterocycles. The van der Waals surface area contributed by atoms with Crippen LogP contribution in [0.2, 0.25) is 0 Å². The molecule has 1 N–H and O–H groups in total. The van der Waals surface area contributed by atoms with Crippen LogP contribution in [0.3, 0.4) is 0 Å². The summed E-state index contributed by atoms with van der Waals surface area (Å²) in [5, 5.41) is 3.68. The number of methoxy groups -OCH3 is 1. The Morgan fingerprint density at radius 2 is 2.29 bits per heavy atom. The standard InChI is InChI=1S/C10H21NO2S/c1-11-9-4-5-10(8-9)14(12)7-3-6-13-2/h9-11H,3-8H2,1-2H3. The van der Waals surface area contributed by atoms with Crippen molar-refractivity contribution in [1.82, 2.24) is 5.32 Å². The average Bonchev–Trinajstić information content (AvgIpc) is 2.66. The SMILES string of the molecule is CNC1CCC(S(=O)CCCOC)C1. The maximum absolute atomic E-state index is 11.8. The Labute approximate surface area is 89.1 Å². The topological polar surface area (TPSA) is 38.3 Å². The number of nitrogens with one attached hydrogen (secondary N) is 1. The fourth-order valence-electron chi connectivity index (χ4n) is 1.95.